The van der Waals surface area contributed by atoms with Gasteiger partial charge in [-0.15, -0.1) is 0 Å². The van der Waals surface area contributed by atoms with E-state index in [1.54, 1.807) is 12.3 Å². The number of carbonyl (C=O) groups is 1. The third-order valence-corrected chi connectivity index (χ3v) is 4.74. The van der Waals surface area contributed by atoms with Gasteiger partial charge in [0.1, 0.15) is 11.8 Å². The van der Waals surface area contributed by atoms with Crippen molar-refractivity contribution >= 4 is 11.6 Å². The first-order chi connectivity index (χ1) is 11.2. The molecule has 2 aliphatic rings. The highest BCUT2D eigenvalue weighted by Gasteiger charge is 2.33. The minimum Gasteiger partial charge on any atom is -0.378 e. The predicted molar refractivity (Wildman–Crippen MR) is 85.9 cm³/mol. The Bertz CT molecular complexity index is 588. The Hall–Kier alpha value is -2.13. The van der Waals surface area contributed by atoms with Gasteiger partial charge in [-0.05, 0) is 31.9 Å². The van der Waals surface area contributed by atoms with Crippen molar-refractivity contribution < 1.29 is 9.53 Å². The molecule has 2 atom stereocenters. The minimum atomic E-state index is 0.00637. The molecule has 0 saturated carbocycles. The average Bonchev–Trinajstić information content (AvgIpc) is 2.62. The van der Waals surface area contributed by atoms with E-state index in [2.05, 4.69) is 9.88 Å². The number of piperazine rings is 1. The molecule has 0 N–H and O–H groups in total. The van der Waals surface area contributed by atoms with Crippen molar-refractivity contribution in [1.82, 2.24) is 9.88 Å². The Labute approximate surface area is 136 Å². The zero-order valence-corrected chi connectivity index (χ0v) is 13.4. The van der Waals surface area contributed by atoms with Crippen LogP contribution in [0.2, 0.25) is 0 Å². The van der Waals surface area contributed by atoms with Crippen molar-refractivity contribution in [3.05, 3.63) is 24.0 Å². The zero-order chi connectivity index (χ0) is 16.2. The van der Waals surface area contributed by atoms with Crippen molar-refractivity contribution in [2.24, 2.45) is 5.92 Å². The van der Waals surface area contributed by atoms with Crippen LogP contribution in [0.15, 0.2) is 18.3 Å². The zero-order valence-electron chi connectivity index (χ0n) is 13.4. The fourth-order valence-corrected chi connectivity index (χ4v) is 3.31. The third-order valence-electron chi connectivity index (χ3n) is 4.74. The quantitative estimate of drug-likeness (QED) is 0.825. The van der Waals surface area contributed by atoms with Crippen molar-refractivity contribution in [1.29, 1.82) is 5.26 Å². The second-order valence-electron chi connectivity index (χ2n) is 6.15. The van der Waals surface area contributed by atoms with Gasteiger partial charge >= 0.3 is 0 Å². The number of pyridine rings is 1. The maximum atomic E-state index is 12.7. The highest BCUT2D eigenvalue weighted by Crippen LogP contribution is 2.24. The summed E-state index contributed by atoms with van der Waals surface area (Å²) in [6, 6.07) is 5.67. The maximum absolute atomic E-state index is 12.7. The fraction of sp³-hybridized carbons (Fsp3) is 0.588. The molecule has 3 heterocycles. The van der Waals surface area contributed by atoms with Crippen LogP contribution >= 0.6 is 0 Å². The van der Waals surface area contributed by atoms with E-state index >= 15 is 0 Å². The van der Waals surface area contributed by atoms with Crippen molar-refractivity contribution in [2.45, 2.75) is 25.9 Å². The molecule has 0 aliphatic carbocycles. The lowest BCUT2D eigenvalue weighted by molar-refractivity contribution is -0.144. The molecule has 6 nitrogen and oxygen atoms in total. The van der Waals surface area contributed by atoms with Crippen LogP contribution in [0, 0.1) is 17.2 Å². The second-order valence-corrected chi connectivity index (χ2v) is 6.15. The molecule has 2 aliphatic heterocycles. The lowest BCUT2D eigenvalue weighted by atomic mass is 9.93. The highest BCUT2D eigenvalue weighted by atomic mass is 16.5. The summed E-state index contributed by atoms with van der Waals surface area (Å²) in [6.45, 7) is 5.80. The molecule has 1 amide bonds. The van der Waals surface area contributed by atoms with E-state index in [0.717, 1.165) is 51.3 Å². The number of rotatable bonds is 2. The Morgan fingerprint density at radius 3 is 2.74 bits per heavy atom. The van der Waals surface area contributed by atoms with Crippen LogP contribution in [0.4, 0.5) is 5.69 Å². The Morgan fingerprint density at radius 2 is 2.13 bits per heavy atom. The lowest BCUT2D eigenvalue weighted by Gasteiger charge is -2.39. The number of amides is 1. The van der Waals surface area contributed by atoms with E-state index in [4.69, 9.17) is 10.00 Å². The van der Waals surface area contributed by atoms with Gasteiger partial charge in [0.15, 0.2) is 0 Å². The number of nitriles is 1. The smallest absolute Gasteiger partial charge is 0.228 e. The van der Waals surface area contributed by atoms with Crippen molar-refractivity contribution in [3.8, 4) is 6.07 Å². The van der Waals surface area contributed by atoms with Gasteiger partial charge in [0, 0.05) is 32.8 Å². The Morgan fingerprint density at radius 1 is 1.35 bits per heavy atom. The van der Waals surface area contributed by atoms with Gasteiger partial charge in [-0.1, -0.05) is 0 Å². The molecule has 6 heteroatoms. The summed E-state index contributed by atoms with van der Waals surface area (Å²) >= 11 is 0. The molecule has 0 radical (unpaired) electrons. The van der Waals surface area contributed by atoms with E-state index in [1.165, 1.54) is 0 Å². The molecular weight excluding hydrogens is 292 g/mol. The van der Waals surface area contributed by atoms with Crippen LogP contribution in [-0.2, 0) is 9.53 Å². The standard InChI is InChI=1S/C17H22N4O2/c1-13-16(3-2-10-23-13)17(22)21-8-6-20(7-9-21)15-5-4-14(11-18)19-12-15/h4-5,12-13,16H,2-3,6-10H2,1H3/t13-,16-/m1/s1. The molecular formula is C17H22N4O2. The number of aromatic nitrogens is 1. The van der Waals surface area contributed by atoms with Gasteiger partial charge in [-0.2, -0.15) is 5.26 Å². The summed E-state index contributed by atoms with van der Waals surface area (Å²) < 4.78 is 5.62. The highest BCUT2D eigenvalue weighted by molar-refractivity contribution is 5.79. The second kappa shape index (κ2) is 6.97. The molecule has 2 saturated heterocycles. The van der Waals surface area contributed by atoms with E-state index in [-0.39, 0.29) is 17.9 Å². The summed E-state index contributed by atoms with van der Waals surface area (Å²) in [7, 11) is 0. The summed E-state index contributed by atoms with van der Waals surface area (Å²) in [6.07, 6.45) is 3.65. The van der Waals surface area contributed by atoms with Crippen LogP contribution in [0.3, 0.4) is 0 Å². The van der Waals surface area contributed by atoms with Crippen LogP contribution in [0.1, 0.15) is 25.5 Å². The monoisotopic (exact) mass is 314 g/mol. The summed E-state index contributed by atoms with van der Waals surface area (Å²) in [5, 5.41) is 8.80. The van der Waals surface area contributed by atoms with Crippen LogP contribution in [0.5, 0.6) is 0 Å². The van der Waals surface area contributed by atoms with Gasteiger partial charge < -0.3 is 14.5 Å². The molecule has 0 bridgehead atoms. The summed E-state index contributed by atoms with van der Waals surface area (Å²) in [5.74, 6) is 0.238. The Kier molecular flexibility index (Phi) is 4.77. The third kappa shape index (κ3) is 3.45. The summed E-state index contributed by atoms with van der Waals surface area (Å²) in [5.41, 5.74) is 1.43. The first-order valence-electron chi connectivity index (χ1n) is 8.20. The van der Waals surface area contributed by atoms with Gasteiger partial charge in [-0.25, -0.2) is 4.98 Å². The molecule has 0 spiro atoms. The first-order valence-corrected chi connectivity index (χ1v) is 8.20. The molecule has 1 aromatic rings. The van der Waals surface area contributed by atoms with Crippen LogP contribution in [-0.4, -0.2) is 54.7 Å². The van der Waals surface area contributed by atoms with E-state index in [1.807, 2.05) is 24.0 Å². The molecule has 23 heavy (non-hydrogen) atoms. The van der Waals surface area contributed by atoms with Gasteiger partial charge in [0.2, 0.25) is 5.91 Å². The van der Waals surface area contributed by atoms with Gasteiger partial charge in [0.25, 0.3) is 0 Å². The van der Waals surface area contributed by atoms with Crippen LogP contribution in [0.25, 0.3) is 0 Å². The van der Waals surface area contributed by atoms with Gasteiger partial charge in [0.05, 0.1) is 23.9 Å². The van der Waals surface area contributed by atoms with Crippen molar-refractivity contribution in [2.75, 3.05) is 37.7 Å². The fourth-order valence-electron chi connectivity index (χ4n) is 3.31. The number of carbonyl (C=O) groups excluding carboxylic acids is 1. The topological polar surface area (TPSA) is 69.5 Å². The molecule has 1 aromatic heterocycles. The van der Waals surface area contributed by atoms with Crippen LogP contribution < -0.4 is 4.90 Å². The maximum Gasteiger partial charge on any atom is 0.228 e. The molecule has 0 aromatic carbocycles. The number of nitrogens with zero attached hydrogens (tertiary/aromatic N) is 4. The molecule has 122 valence electrons. The summed E-state index contributed by atoms with van der Waals surface area (Å²) in [4.78, 5) is 20.9. The minimum absolute atomic E-state index is 0.00637. The SMILES string of the molecule is C[C@H]1OCCC[C@H]1C(=O)N1CCN(c2ccc(C#N)nc2)CC1. The number of hydrogen-bond acceptors (Lipinski definition) is 5. The predicted octanol–water partition coefficient (Wildman–Crippen LogP) is 1.42. The number of hydrogen-bond donors (Lipinski definition) is 0. The van der Waals surface area contributed by atoms with E-state index in [0.29, 0.717) is 5.69 Å². The van der Waals surface area contributed by atoms with E-state index in [9.17, 15) is 4.79 Å². The van der Waals surface area contributed by atoms with E-state index < -0.39 is 0 Å². The largest absolute Gasteiger partial charge is 0.378 e. The van der Waals surface area contributed by atoms with Crippen molar-refractivity contribution in [3.63, 3.8) is 0 Å². The molecule has 2 fully saturated rings. The normalized spacial score (nSPS) is 25.0. The Balaban J connectivity index is 1.57. The first kappa shape index (κ1) is 15.8. The molecule has 3 rings (SSSR count). The average molecular weight is 314 g/mol. The molecule has 0 unspecified atom stereocenters. The number of anilines is 1. The number of ether oxygens (including phenoxy) is 1. The lowest BCUT2D eigenvalue weighted by Crippen LogP contribution is -2.52. The van der Waals surface area contributed by atoms with Gasteiger partial charge in [-0.3, -0.25) is 4.79 Å².